The van der Waals surface area contributed by atoms with E-state index in [1.165, 1.54) is 13.4 Å². The molecule has 3 aromatic rings. The molecule has 1 atom stereocenters. The van der Waals surface area contributed by atoms with Crippen molar-refractivity contribution in [2.24, 2.45) is 0 Å². The van der Waals surface area contributed by atoms with E-state index >= 15 is 0 Å². The molecule has 12 nitrogen and oxygen atoms in total. The number of hydrogen-bond donors (Lipinski definition) is 3. The molecule has 35 heavy (non-hydrogen) atoms. The fourth-order valence-electron chi connectivity index (χ4n) is 3.37. The third-order valence-electron chi connectivity index (χ3n) is 5.04. The molecule has 1 aromatic heterocycles. The van der Waals surface area contributed by atoms with Gasteiger partial charge in [-0.25, -0.2) is 14.8 Å². The molecule has 0 spiro atoms. The Morgan fingerprint density at radius 3 is 2.11 bits per heavy atom. The number of amides is 1. The van der Waals surface area contributed by atoms with E-state index in [1.54, 1.807) is 50.6 Å². The molecule has 1 aliphatic rings. The lowest BCUT2D eigenvalue weighted by atomic mass is 10.2. The highest BCUT2D eigenvalue weighted by Gasteiger charge is 2.20. The molecule has 184 valence electrons. The lowest BCUT2D eigenvalue weighted by Gasteiger charge is -2.14. The maximum absolute atomic E-state index is 12.0. The molecule has 0 radical (unpaired) electrons. The van der Waals surface area contributed by atoms with Crippen molar-refractivity contribution < 1.29 is 28.5 Å². The fourth-order valence-corrected chi connectivity index (χ4v) is 3.37. The van der Waals surface area contributed by atoms with Gasteiger partial charge in [0.1, 0.15) is 12.4 Å². The minimum absolute atomic E-state index is 0.206. The molecule has 12 heteroatoms. The van der Waals surface area contributed by atoms with Crippen molar-refractivity contribution in [2.75, 3.05) is 50.5 Å². The first-order chi connectivity index (χ1) is 17.1. The molecule has 1 aliphatic heterocycles. The third kappa shape index (κ3) is 6.18. The van der Waals surface area contributed by atoms with Gasteiger partial charge in [0.2, 0.25) is 17.6 Å². The lowest BCUT2D eigenvalue weighted by molar-refractivity contribution is 0.0932. The molecule has 1 amide bonds. The van der Waals surface area contributed by atoms with Gasteiger partial charge >= 0.3 is 6.09 Å². The Balaban J connectivity index is 1.39. The zero-order valence-electron chi connectivity index (χ0n) is 19.5. The van der Waals surface area contributed by atoms with Crippen LogP contribution in [0.25, 0.3) is 0 Å². The van der Waals surface area contributed by atoms with Crippen LogP contribution < -0.4 is 30.2 Å². The van der Waals surface area contributed by atoms with Gasteiger partial charge in [0.25, 0.3) is 0 Å². The van der Waals surface area contributed by atoms with E-state index in [4.69, 9.17) is 23.7 Å². The molecular formula is C23H26N6O6. The van der Waals surface area contributed by atoms with E-state index in [-0.39, 0.29) is 6.10 Å². The summed E-state index contributed by atoms with van der Waals surface area (Å²) in [7, 11) is 4.62. The highest BCUT2D eigenvalue weighted by atomic mass is 16.6. The van der Waals surface area contributed by atoms with Gasteiger partial charge in [-0.2, -0.15) is 4.98 Å². The van der Waals surface area contributed by atoms with Gasteiger partial charge in [-0.3, -0.25) is 5.32 Å². The Morgan fingerprint density at radius 2 is 1.54 bits per heavy atom. The maximum Gasteiger partial charge on any atom is 0.411 e. The second-order valence-electron chi connectivity index (χ2n) is 7.39. The summed E-state index contributed by atoms with van der Waals surface area (Å²) < 4.78 is 26.6. The molecule has 0 aliphatic carbocycles. The van der Waals surface area contributed by atoms with Crippen molar-refractivity contribution in [2.45, 2.75) is 12.5 Å². The van der Waals surface area contributed by atoms with Crippen LogP contribution in [-0.4, -0.2) is 61.7 Å². The first-order valence-corrected chi connectivity index (χ1v) is 10.8. The topological polar surface area (TPSA) is 138 Å². The van der Waals surface area contributed by atoms with Gasteiger partial charge in [-0.05, 0) is 24.3 Å². The SMILES string of the molecule is COc1cc(Nc2ncnc(Nc3ccc(NC(=O)O[C@@H]4CCOC4)cc3)n2)cc(OC)c1OC. The van der Waals surface area contributed by atoms with Crippen molar-refractivity contribution in [3.63, 3.8) is 0 Å². The zero-order valence-corrected chi connectivity index (χ0v) is 19.5. The molecular weight excluding hydrogens is 456 g/mol. The van der Waals surface area contributed by atoms with Crippen LogP contribution in [0.2, 0.25) is 0 Å². The molecule has 0 bridgehead atoms. The Hall–Kier alpha value is -4.32. The van der Waals surface area contributed by atoms with Crippen LogP contribution >= 0.6 is 0 Å². The van der Waals surface area contributed by atoms with E-state index in [0.29, 0.717) is 60.2 Å². The number of aromatic nitrogens is 3. The molecule has 1 fully saturated rings. The number of hydrogen-bond acceptors (Lipinski definition) is 11. The van der Waals surface area contributed by atoms with Crippen LogP contribution in [0.15, 0.2) is 42.7 Å². The second-order valence-corrected chi connectivity index (χ2v) is 7.39. The molecule has 3 N–H and O–H groups in total. The number of ether oxygens (including phenoxy) is 5. The van der Waals surface area contributed by atoms with E-state index in [9.17, 15) is 4.79 Å². The van der Waals surface area contributed by atoms with Gasteiger partial charge in [0.05, 0.1) is 34.5 Å². The normalized spacial score (nSPS) is 14.7. The standard InChI is InChI=1S/C23H26N6O6/c1-31-18-10-16(11-19(32-2)20(18)33-3)27-22-25-13-24-21(29-22)26-14-4-6-15(7-5-14)28-23(30)35-17-8-9-34-12-17/h4-7,10-11,13,17H,8-9,12H2,1-3H3,(H,28,30)(H2,24,25,26,27,29)/t17-/m1/s1. The quantitative estimate of drug-likeness (QED) is 0.411. The van der Waals surface area contributed by atoms with Crippen LogP contribution in [0.1, 0.15) is 6.42 Å². The third-order valence-corrected chi connectivity index (χ3v) is 5.04. The Morgan fingerprint density at radius 1 is 0.914 bits per heavy atom. The lowest BCUT2D eigenvalue weighted by Crippen LogP contribution is -2.22. The van der Waals surface area contributed by atoms with Crippen molar-refractivity contribution in [1.82, 2.24) is 15.0 Å². The Kier molecular flexibility index (Phi) is 7.63. The van der Waals surface area contributed by atoms with Crippen molar-refractivity contribution in [3.8, 4) is 17.2 Å². The van der Waals surface area contributed by atoms with E-state index < -0.39 is 6.09 Å². The molecule has 4 rings (SSSR count). The van der Waals surface area contributed by atoms with Gasteiger partial charge in [0.15, 0.2) is 11.5 Å². The predicted molar refractivity (Wildman–Crippen MR) is 128 cm³/mol. The zero-order chi connectivity index (χ0) is 24.6. The smallest absolute Gasteiger partial charge is 0.411 e. The van der Waals surface area contributed by atoms with Crippen LogP contribution in [0.5, 0.6) is 17.2 Å². The van der Waals surface area contributed by atoms with Gasteiger partial charge in [0, 0.05) is 35.6 Å². The highest BCUT2D eigenvalue weighted by Crippen LogP contribution is 2.40. The first kappa shape index (κ1) is 23.8. The summed E-state index contributed by atoms with van der Waals surface area (Å²) in [6.07, 6.45) is 1.37. The maximum atomic E-state index is 12.0. The van der Waals surface area contributed by atoms with E-state index in [1.807, 2.05) is 0 Å². The Labute approximate surface area is 201 Å². The number of anilines is 5. The number of rotatable bonds is 9. The van der Waals surface area contributed by atoms with Gasteiger partial charge in [-0.15, -0.1) is 0 Å². The number of nitrogens with zero attached hydrogens (tertiary/aromatic N) is 3. The van der Waals surface area contributed by atoms with Crippen molar-refractivity contribution >= 4 is 35.1 Å². The summed E-state index contributed by atoms with van der Waals surface area (Å²) in [5, 5.41) is 8.90. The first-order valence-electron chi connectivity index (χ1n) is 10.8. The summed E-state index contributed by atoms with van der Waals surface area (Å²) in [6, 6.07) is 10.5. The summed E-state index contributed by atoms with van der Waals surface area (Å²) in [5.41, 5.74) is 1.96. The molecule has 2 heterocycles. The van der Waals surface area contributed by atoms with Crippen molar-refractivity contribution in [3.05, 3.63) is 42.7 Å². The average molecular weight is 482 g/mol. The van der Waals surface area contributed by atoms with Crippen LogP contribution in [0, 0.1) is 0 Å². The summed E-state index contributed by atoms with van der Waals surface area (Å²) in [6.45, 7) is 1.04. The summed E-state index contributed by atoms with van der Waals surface area (Å²) >= 11 is 0. The van der Waals surface area contributed by atoms with Crippen LogP contribution in [0.3, 0.4) is 0 Å². The van der Waals surface area contributed by atoms with E-state index in [2.05, 4.69) is 30.9 Å². The molecule has 2 aromatic carbocycles. The minimum Gasteiger partial charge on any atom is -0.493 e. The number of nitrogens with one attached hydrogen (secondary N) is 3. The average Bonchev–Trinajstić information content (AvgIpc) is 3.37. The van der Waals surface area contributed by atoms with Crippen molar-refractivity contribution in [1.29, 1.82) is 0 Å². The number of benzene rings is 2. The predicted octanol–water partition coefficient (Wildman–Crippen LogP) is 3.72. The highest BCUT2D eigenvalue weighted by molar-refractivity contribution is 5.85. The molecule has 0 unspecified atom stereocenters. The van der Waals surface area contributed by atoms with E-state index in [0.717, 1.165) is 5.69 Å². The number of carbonyl (C=O) groups excluding carboxylic acids is 1. The fraction of sp³-hybridized carbons (Fsp3) is 0.304. The Bertz CT molecular complexity index is 1130. The summed E-state index contributed by atoms with van der Waals surface area (Å²) in [4.78, 5) is 24.7. The summed E-state index contributed by atoms with van der Waals surface area (Å²) in [5.74, 6) is 2.12. The minimum atomic E-state index is -0.513. The van der Waals surface area contributed by atoms with Crippen LogP contribution in [-0.2, 0) is 9.47 Å². The van der Waals surface area contributed by atoms with Crippen LogP contribution in [0.4, 0.5) is 33.8 Å². The largest absolute Gasteiger partial charge is 0.493 e. The van der Waals surface area contributed by atoms with Gasteiger partial charge in [-0.1, -0.05) is 0 Å². The monoisotopic (exact) mass is 482 g/mol. The molecule has 1 saturated heterocycles. The second kappa shape index (κ2) is 11.2. The molecule has 0 saturated carbocycles. The number of carbonyl (C=O) groups is 1. The number of methoxy groups -OCH3 is 3. The van der Waals surface area contributed by atoms with Gasteiger partial charge < -0.3 is 34.3 Å².